The summed E-state index contributed by atoms with van der Waals surface area (Å²) in [4.78, 5) is 2.44. The monoisotopic (exact) mass is 307 g/mol. The summed E-state index contributed by atoms with van der Waals surface area (Å²) in [7, 11) is 0. The van der Waals surface area contributed by atoms with Gasteiger partial charge >= 0.3 is 0 Å². The predicted molar refractivity (Wildman–Crippen MR) is 78.5 cm³/mol. The number of hydrogen-bond acceptors (Lipinski definition) is 2. The molecular weight excluding hydrogens is 294 g/mol. The SMILES string of the molecule is CCc1ccc(Sc2ccc(N)cc2)cc1Br. The Hall–Kier alpha value is -0.930. The van der Waals surface area contributed by atoms with Gasteiger partial charge in [-0.2, -0.15) is 0 Å². The molecular formula is C14H14BrNS. The first-order chi connectivity index (χ1) is 8.19. The Morgan fingerprint density at radius 3 is 2.29 bits per heavy atom. The third-order valence-corrected chi connectivity index (χ3v) is 4.26. The molecule has 0 aliphatic carbocycles. The van der Waals surface area contributed by atoms with E-state index in [2.05, 4.69) is 41.1 Å². The fraction of sp³-hybridized carbons (Fsp3) is 0.143. The Bertz CT molecular complexity index is 508. The Kier molecular flexibility index (Phi) is 4.13. The first kappa shape index (κ1) is 12.5. The zero-order valence-corrected chi connectivity index (χ0v) is 12.0. The fourth-order valence-electron chi connectivity index (χ4n) is 1.55. The molecule has 0 aliphatic rings. The van der Waals surface area contributed by atoms with Gasteiger partial charge in [-0.1, -0.05) is 40.7 Å². The number of benzene rings is 2. The number of nitrogen functional groups attached to an aromatic ring is 1. The zero-order valence-electron chi connectivity index (χ0n) is 9.61. The van der Waals surface area contributed by atoms with E-state index >= 15 is 0 Å². The minimum Gasteiger partial charge on any atom is -0.399 e. The number of rotatable bonds is 3. The van der Waals surface area contributed by atoms with Crippen molar-refractivity contribution in [3.8, 4) is 0 Å². The van der Waals surface area contributed by atoms with Crippen molar-refractivity contribution in [2.24, 2.45) is 0 Å². The quantitative estimate of drug-likeness (QED) is 0.828. The lowest BCUT2D eigenvalue weighted by Gasteiger charge is -2.06. The van der Waals surface area contributed by atoms with Gasteiger partial charge in [0.25, 0.3) is 0 Å². The maximum Gasteiger partial charge on any atom is 0.0314 e. The average molecular weight is 308 g/mol. The number of nitrogens with two attached hydrogens (primary N) is 1. The van der Waals surface area contributed by atoms with Crippen LogP contribution in [0, 0.1) is 0 Å². The van der Waals surface area contributed by atoms with Gasteiger partial charge in [0.2, 0.25) is 0 Å². The van der Waals surface area contributed by atoms with Crippen LogP contribution in [0.25, 0.3) is 0 Å². The van der Waals surface area contributed by atoms with Gasteiger partial charge in [0.1, 0.15) is 0 Å². The highest BCUT2D eigenvalue weighted by molar-refractivity contribution is 9.10. The Balaban J connectivity index is 2.19. The molecule has 88 valence electrons. The van der Waals surface area contributed by atoms with Crippen molar-refractivity contribution < 1.29 is 0 Å². The summed E-state index contributed by atoms with van der Waals surface area (Å²) in [6.45, 7) is 2.16. The van der Waals surface area contributed by atoms with E-state index in [-0.39, 0.29) is 0 Å². The van der Waals surface area contributed by atoms with Gasteiger partial charge in [0.15, 0.2) is 0 Å². The van der Waals surface area contributed by atoms with E-state index < -0.39 is 0 Å². The number of anilines is 1. The molecule has 2 N–H and O–H groups in total. The average Bonchev–Trinajstić information content (AvgIpc) is 2.32. The number of hydrogen-bond donors (Lipinski definition) is 1. The maximum absolute atomic E-state index is 5.67. The van der Waals surface area contributed by atoms with Gasteiger partial charge in [-0.05, 0) is 48.4 Å². The second kappa shape index (κ2) is 5.61. The molecule has 2 aromatic rings. The molecule has 0 radical (unpaired) electrons. The first-order valence-electron chi connectivity index (χ1n) is 5.51. The highest BCUT2D eigenvalue weighted by Crippen LogP contribution is 2.31. The maximum atomic E-state index is 5.67. The summed E-state index contributed by atoms with van der Waals surface area (Å²) >= 11 is 5.34. The fourth-order valence-corrected chi connectivity index (χ4v) is 3.22. The molecule has 2 rings (SSSR count). The van der Waals surface area contributed by atoms with Crippen LogP contribution in [-0.2, 0) is 6.42 Å². The minimum absolute atomic E-state index is 0.803. The van der Waals surface area contributed by atoms with Crippen molar-refractivity contribution in [2.75, 3.05) is 5.73 Å². The molecule has 0 aliphatic heterocycles. The van der Waals surface area contributed by atoms with Crippen LogP contribution in [0.4, 0.5) is 5.69 Å². The lowest BCUT2D eigenvalue weighted by atomic mass is 10.2. The van der Waals surface area contributed by atoms with Crippen LogP contribution in [0.1, 0.15) is 12.5 Å². The highest BCUT2D eigenvalue weighted by Gasteiger charge is 2.01. The number of halogens is 1. The summed E-state index contributed by atoms with van der Waals surface area (Å²) in [5.74, 6) is 0. The number of aryl methyl sites for hydroxylation is 1. The first-order valence-corrected chi connectivity index (χ1v) is 7.12. The van der Waals surface area contributed by atoms with E-state index in [1.165, 1.54) is 19.8 Å². The van der Waals surface area contributed by atoms with Crippen molar-refractivity contribution in [3.63, 3.8) is 0 Å². The molecule has 17 heavy (non-hydrogen) atoms. The minimum atomic E-state index is 0.803. The molecule has 1 nitrogen and oxygen atoms in total. The Labute approximate surface area is 115 Å². The van der Waals surface area contributed by atoms with Gasteiger partial charge in [0.05, 0.1) is 0 Å². The molecule has 0 unspecified atom stereocenters. The molecule has 0 heterocycles. The van der Waals surface area contributed by atoms with Gasteiger partial charge < -0.3 is 5.73 Å². The van der Waals surface area contributed by atoms with E-state index in [0.29, 0.717) is 0 Å². The smallest absolute Gasteiger partial charge is 0.0314 e. The molecule has 0 saturated heterocycles. The largest absolute Gasteiger partial charge is 0.399 e. The normalized spacial score (nSPS) is 10.5. The lowest BCUT2D eigenvalue weighted by molar-refractivity contribution is 1.12. The summed E-state index contributed by atoms with van der Waals surface area (Å²) in [5.41, 5.74) is 7.81. The highest BCUT2D eigenvalue weighted by atomic mass is 79.9. The van der Waals surface area contributed by atoms with Crippen LogP contribution >= 0.6 is 27.7 Å². The molecule has 0 spiro atoms. The summed E-state index contributed by atoms with van der Waals surface area (Å²) < 4.78 is 1.18. The molecule has 0 aromatic heterocycles. The summed E-state index contributed by atoms with van der Waals surface area (Å²) in [6.07, 6.45) is 1.05. The van der Waals surface area contributed by atoms with Crippen LogP contribution in [0.5, 0.6) is 0 Å². The zero-order chi connectivity index (χ0) is 12.3. The molecule has 0 fully saturated rings. The summed E-state index contributed by atoms with van der Waals surface area (Å²) in [5, 5.41) is 0. The van der Waals surface area contributed by atoms with Crippen molar-refractivity contribution in [1.82, 2.24) is 0 Å². The van der Waals surface area contributed by atoms with Gasteiger partial charge in [-0.3, -0.25) is 0 Å². The third-order valence-electron chi connectivity index (χ3n) is 2.52. The van der Waals surface area contributed by atoms with Crippen molar-refractivity contribution >= 4 is 33.4 Å². The van der Waals surface area contributed by atoms with Crippen LogP contribution in [0.3, 0.4) is 0 Å². The van der Waals surface area contributed by atoms with Gasteiger partial charge in [-0.15, -0.1) is 0 Å². The van der Waals surface area contributed by atoms with Gasteiger partial charge in [0, 0.05) is 20.0 Å². The second-order valence-corrected chi connectivity index (χ2v) is 5.78. The summed E-state index contributed by atoms with van der Waals surface area (Å²) in [6, 6.07) is 14.4. The van der Waals surface area contributed by atoms with Crippen LogP contribution in [0.2, 0.25) is 0 Å². The van der Waals surface area contributed by atoms with E-state index in [1.807, 2.05) is 24.3 Å². The van der Waals surface area contributed by atoms with E-state index in [0.717, 1.165) is 12.1 Å². The molecule has 0 bridgehead atoms. The predicted octanol–water partition coefficient (Wildman–Crippen LogP) is 4.74. The molecule has 2 aromatic carbocycles. The van der Waals surface area contributed by atoms with Crippen molar-refractivity contribution in [1.29, 1.82) is 0 Å². The van der Waals surface area contributed by atoms with Crippen molar-refractivity contribution in [3.05, 3.63) is 52.5 Å². The second-order valence-electron chi connectivity index (χ2n) is 3.78. The van der Waals surface area contributed by atoms with E-state index in [1.54, 1.807) is 11.8 Å². The molecule has 0 atom stereocenters. The third kappa shape index (κ3) is 3.27. The Morgan fingerprint density at radius 2 is 1.71 bits per heavy atom. The topological polar surface area (TPSA) is 26.0 Å². The van der Waals surface area contributed by atoms with E-state index in [9.17, 15) is 0 Å². The van der Waals surface area contributed by atoms with Crippen LogP contribution < -0.4 is 5.73 Å². The standard InChI is InChI=1S/C14H14BrNS/c1-2-10-3-6-13(9-14(10)15)17-12-7-4-11(16)5-8-12/h3-9H,2,16H2,1H3. The van der Waals surface area contributed by atoms with Crippen molar-refractivity contribution in [2.45, 2.75) is 23.1 Å². The van der Waals surface area contributed by atoms with E-state index in [4.69, 9.17) is 5.73 Å². The van der Waals surface area contributed by atoms with Gasteiger partial charge in [-0.25, -0.2) is 0 Å². The Morgan fingerprint density at radius 1 is 1.06 bits per heavy atom. The molecule has 0 saturated carbocycles. The lowest BCUT2D eigenvalue weighted by Crippen LogP contribution is -1.84. The molecule has 0 amide bonds. The molecule has 3 heteroatoms. The van der Waals surface area contributed by atoms with Crippen LogP contribution in [0.15, 0.2) is 56.7 Å². The van der Waals surface area contributed by atoms with Crippen LogP contribution in [-0.4, -0.2) is 0 Å².